The molecule has 0 aromatic rings. The molecule has 0 N–H and O–H groups in total. The molecule has 76 valence electrons. The fourth-order valence-electron chi connectivity index (χ4n) is 1.40. The van der Waals surface area contributed by atoms with E-state index in [4.69, 9.17) is 0 Å². The predicted molar refractivity (Wildman–Crippen MR) is 61.8 cm³/mol. The molecule has 0 aliphatic rings. The highest BCUT2D eigenvalue weighted by atomic mass is 14.1. The van der Waals surface area contributed by atoms with E-state index in [0.717, 1.165) is 11.8 Å². The Hall–Kier alpha value is -0.520. The minimum absolute atomic E-state index is 0.829. The van der Waals surface area contributed by atoms with Gasteiger partial charge >= 0.3 is 0 Å². The van der Waals surface area contributed by atoms with Gasteiger partial charge in [0.05, 0.1) is 0 Å². The Morgan fingerprint density at radius 2 is 1.85 bits per heavy atom. The van der Waals surface area contributed by atoms with Crippen LogP contribution in [0.2, 0.25) is 0 Å². The van der Waals surface area contributed by atoms with Crippen molar-refractivity contribution in [3.63, 3.8) is 0 Å². The maximum Gasteiger partial charge on any atom is -0.0322 e. The summed E-state index contributed by atoms with van der Waals surface area (Å²) in [6.45, 7) is 10.6. The highest BCUT2D eigenvalue weighted by Gasteiger charge is 2.00. The normalized spacial score (nSPS) is 13.8. The van der Waals surface area contributed by atoms with Crippen LogP contribution in [0.25, 0.3) is 0 Å². The molecule has 1 unspecified atom stereocenters. The standard InChI is InChI=1S/C13H24/c1-5-6-7-10-13(4)11-8-9-12(2)3/h5-7,12-13H,1,8-11H2,2-4H3. The van der Waals surface area contributed by atoms with E-state index in [9.17, 15) is 0 Å². The summed E-state index contributed by atoms with van der Waals surface area (Å²) in [7, 11) is 0. The Balaban J connectivity index is 3.34. The van der Waals surface area contributed by atoms with Crippen LogP contribution in [0.15, 0.2) is 24.8 Å². The van der Waals surface area contributed by atoms with Crippen molar-refractivity contribution < 1.29 is 0 Å². The first-order chi connectivity index (χ1) is 6.16. The minimum Gasteiger partial charge on any atom is -0.0991 e. The van der Waals surface area contributed by atoms with Crippen LogP contribution in [0.4, 0.5) is 0 Å². The van der Waals surface area contributed by atoms with E-state index in [-0.39, 0.29) is 0 Å². The molecule has 0 saturated carbocycles. The van der Waals surface area contributed by atoms with Crippen molar-refractivity contribution in [1.29, 1.82) is 0 Å². The van der Waals surface area contributed by atoms with E-state index in [1.807, 2.05) is 12.2 Å². The van der Waals surface area contributed by atoms with Gasteiger partial charge < -0.3 is 0 Å². The Morgan fingerprint density at radius 1 is 1.15 bits per heavy atom. The van der Waals surface area contributed by atoms with Gasteiger partial charge in [-0.1, -0.05) is 64.8 Å². The molecule has 0 aromatic carbocycles. The van der Waals surface area contributed by atoms with E-state index < -0.39 is 0 Å². The van der Waals surface area contributed by atoms with Crippen LogP contribution < -0.4 is 0 Å². The average molecular weight is 180 g/mol. The Labute approximate surface area is 83.7 Å². The minimum atomic E-state index is 0.829. The van der Waals surface area contributed by atoms with Crippen molar-refractivity contribution in [2.75, 3.05) is 0 Å². The molecule has 1 atom stereocenters. The van der Waals surface area contributed by atoms with E-state index in [1.54, 1.807) is 0 Å². The van der Waals surface area contributed by atoms with Gasteiger partial charge in [0.25, 0.3) is 0 Å². The molecule has 0 fully saturated rings. The lowest BCUT2D eigenvalue weighted by atomic mass is 9.97. The SMILES string of the molecule is C=CC=CCC(C)CCCC(C)C. The van der Waals surface area contributed by atoms with Crippen molar-refractivity contribution in [3.05, 3.63) is 24.8 Å². The molecular weight excluding hydrogens is 156 g/mol. The van der Waals surface area contributed by atoms with Crippen molar-refractivity contribution in [2.24, 2.45) is 11.8 Å². The maximum absolute atomic E-state index is 3.66. The highest BCUT2D eigenvalue weighted by Crippen LogP contribution is 2.15. The fraction of sp³-hybridized carbons (Fsp3) is 0.692. The lowest BCUT2D eigenvalue weighted by Crippen LogP contribution is -1.94. The van der Waals surface area contributed by atoms with E-state index in [1.165, 1.54) is 25.7 Å². The zero-order chi connectivity index (χ0) is 10.1. The molecule has 0 rings (SSSR count). The van der Waals surface area contributed by atoms with Crippen LogP contribution in [0.1, 0.15) is 46.5 Å². The van der Waals surface area contributed by atoms with Gasteiger partial charge in [-0.3, -0.25) is 0 Å². The van der Waals surface area contributed by atoms with E-state index in [0.29, 0.717) is 0 Å². The molecule has 0 aromatic heterocycles. The van der Waals surface area contributed by atoms with Crippen LogP contribution in [-0.2, 0) is 0 Å². The van der Waals surface area contributed by atoms with Crippen molar-refractivity contribution in [2.45, 2.75) is 46.5 Å². The summed E-state index contributed by atoms with van der Waals surface area (Å²) in [5.41, 5.74) is 0. The third-order valence-electron chi connectivity index (χ3n) is 2.29. The summed E-state index contributed by atoms with van der Waals surface area (Å²) in [4.78, 5) is 0. The predicted octanol–water partition coefficient (Wildman–Crippen LogP) is 4.58. The Morgan fingerprint density at radius 3 is 2.38 bits per heavy atom. The molecule has 0 bridgehead atoms. The quantitative estimate of drug-likeness (QED) is 0.503. The van der Waals surface area contributed by atoms with Crippen LogP contribution in [-0.4, -0.2) is 0 Å². The van der Waals surface area contributed by atoms with Gasteiger partial charge in [0.1, 0.15) is 0 Å². The molecule has 0 aliphatic heterocycles. The summed E-state index contributed by atoms with van der Waals surface area (Å²) in [5, 5.41) is 0. The molecular formula is C13H24. The van der Waals surface area contributed by atoms with Crippen molar-refractivity contribution in [1.82, 2.24) is 0 Å². The van der Waals surface area contributed by atoms with Gasteiger partial charge in [-0.25, -0.2) is 0 Å². The third kappa shape index (κ3) is 9.39. The topological polar surface area (TPSA) is 0 Å². The number of hydrogen-bond donors (Lipinski definition) is 0. The third-order valence-corrected chi connectivity index (χ3v) is 2.29. The van der Waals surface area contributed by atoms with Gasteiger partial charge in [0.15, 0.2) is 0 Å². The zero-order valence-electron chi connectivity index (χ0n) is 9.42. The molecule has 0 heteroatoms. The molecule has 13 heavy (non-hydrogen) atoms. The summed E-state index contributed by atoms with van der Waals surface area (Å²) in [6, 6.07) is 0. The van der Waals surface area contributed by atoms with Crippen LogP contribution >= 0.6 is 0 Å². The molecule has 0 spiro atoms. The summed E-state index contributed by atoms with van der Waals surface area (Å²) in [6.07, 6.45) is 11.4. The fourth-order valence-corrected chi connectivity index (χ4v) is 1.40. The smallest absolute Gasteiger partial charge is 0.0322 e. The van der Waals surface area contributed by atoms with E-state index in [2.05, 4.69) is 33.4 Å². The lowest BCUT2D eigenvalue weighted by Gasteiger charge is -2.09. The van der Waals surface area contributed by atoms with Gasteiger partial charge in [-0.2, -0.15) is 0 Å². The first-order valence-corrected chi connectivity index (χ1v) is 5.44. The Bertz CT molecular complexity index is 142. The molecule has 0 radical (unpaired) electrons. The summed E-state index contributed by atoms with van der Waals surface area (Å²) in [5.74, 6) is 1.69. The van der Waals surface area contributed by atoms with E-state index >= 15 is 0 Å². The van der Waals surface area contributed by atoms with Gasteiger partial charge in [0, 0.05) is 0 Å². The first kappa shape index (κ1) is 12.5. The van der Waals surface area contributed by atoms with Crippen molar-refractivity contribution in [3.8, 4) is 0 Å². The van der Waals surface area contributed by atoms with Crippen LogP contribution in [0.3, 0.4) is 0 Å². The molecule has 0 saturated heterocycles. The second-order valence-corrected chi connectivity index (χ2v) is 4.33. The number of hydrogen-bond acceptors (Lipinski definition) is 0. The molecule has 0 heterocycles. The summed E-state index contributed by atoms with van der Waals surface area (Å²) < 4.78 is 0. The van der Waals surface area contributed by atoms with Gasteiger partial charge in [0.2, 0.25) is 0 Å². The molecule has 0 aliphatic carbocycles. The largest absolute Gasteiger partial charge is 0.0991 e. The second-order valence-electron chi connectivity index (χ2n) is 4.33. The zero-order valence-corrected chi connectivity index (χ0v) is 9.42. The number of rotatable bonds is 7. The summed E-state index contributed by atoms with van der Waals surface area (Å²) >= 11 is 0. The first-order valence-electron chi connectivity index (χ1n) is 5.44. The van der Waals surface area contributed by atoms with Crippen LogP contribution in [0, 0.1) is 11.8 Å². The van der Waals surface area contributed by atoms with Gasteiger partial charge in [-0.15, -0.1) is 0 Å². The van der Waals surface area contributed by atoms with Crippen molar-refractivity contribution >= 4 is 0 Å². The van der Waals surface area contributed by atoms with Crippen LogP contribution in [0.5, 0.6) is 0 Å². The van der Waals surface area contributed by atoms with Gasteiger partial charge in [-0.05, 0) is 18.3 Å². The number of allylic oxidation sites excluding steroid dienone is 3. The molecule has 0 amide bonds. The Kier molecular flexibility index (Phi) is 7.77. The maximum atomic E-state index is 3.66. The monoisotopic (exact) mass is 180 g/mol. The second kappa shape index (κ2) is 8.10. The average Bonchev–Trinajstić information content (AvgIpc) is 2.04. The molecule has 0 nitrogen and oxygen atoms in total. The highest BCUT2D eigenvalue weighted by molar-refractivity contribution is 4.97. The lowest BCUT2D eigenvalue weighted by molar-refractivity contribution is 0.461.